The van der Waals surface area contributed by atoms with Gasteiger partial charge in [0.05, 0.1) is 5.69 Å². The topological polar surface area (TPSA) is 67.4 Å². The van der Waals surface area contributed by atoms with Crippen molar-refractivity contribution in [1.82, 2.24) is 5.32 Å². The van der Waals surface area contributed by atoms with E-state index >= 15 is 0 Å². The smallest absolute Gasteiger partial charge is 0.247 e. The van der Waals surface area contributed by atoms with Crippen molar-refractivity contribution in [3.8, 4) is 11.5 Å². The van der Waals surface area contributed by atoms with E-state index in [1.165, 1.54) is 0 Å². The van der Waals surface area contributed by atoms with Crippen LogP contribution in [-0.4, -0.2) is 17.9 Å². The highest BCUT2D eigenvalue weighted by Gasteiger charge is 2.27. The van der Waals surface area contributed by atoms with Crippen LogP contribution in [0, 0.1) is 6.92 Å². The first kappa shape index (κ1) is 15.1. The van der Waals surface area contributed by atoms with E-state index in [1.807, 2.05) is 43.3 Å². The summed E-state index contributed by atoms with van der Waals surface area (Å²) in [6, 6.07) is 14.4. The predicted octanol–water partition coefficient (Wildman–Crippen LogP) is 3.00. The quantitative estimate of drug-likeness (QED) is 0.912. The van der Waals surface area contributed by atoms with E-state index in [-0.39, 0.29) is 11.8 Å². The second-order valence-electron chi connectivity index (χ2n) is 5.56. The Morgan fingerprint density at radius 3 is 2.61 bits per heavy atom. The van der Waals surface area contributed by atoms with Gasteiger partial charge in [0.1, 0.15) is 11.8 Å². The number of para-hydroxylation sites is 2. The fourth-order valence-electron chi connectivity index (χ4n) is 2.42. The van der Waals surface area contributed by atoms with Gasteiger partial charge < -0.3 is 15.4 Å². The minimum Gasteiger partial charge on any atom is -0.455 e. The van der Waals surface area contributed by atoms with Crippen molar-refractivity contribution < 1.29 is 14.3 Å². The summed E-state index contributed by atoms with van der Waals surface area (Å²) in [5, 5.41) is 5.48. The molecule has 1 fully saturated rings. The first-order chi connectivity index (χ1) is 11.1. The predicted molar refractivity (Wildman–Crippen MR) is 87.5 cm³/mol. The molecule has 23 heavy (non-hydrogen) atoms. The molecule has 1 heterocycles. The number of hydrogen-bond acceptors (Lipinski definition) is 3. The zero-order valence-electron chi connectivity index (χ0n) is 12.8. The molecule has 1 atom stereocenters. The van der Waals surface area contributed by atoms with Crippen LogP contribution in [0.5, 0.6) is 11.5 Å². The van der Waals surface area contributed by atoms with Gasteiger partial charge in [0.25, 0.3) is 0 Å². The van der Waals surface area contributed by atoms with Crippen molar-refractivity contribution in [1.29, 1.82) is 0 Å². The van der Waals surface area contributed by atoms with Gasteiger partial charge in [-0.3, -0.25) is 9.59 Å². The molecule has 3 rings (SSSR count). The summed E-state index contributed by atoms with van der Waals surface area (Å²) in [6.45, 7) is 2.01. The highest BCUT2D eigenvalue weighted by molar-refractivity contribution is 5.99. The monoisotopic (exact) mass is 310 g/mol. The summed E-state index contributed by atoms with van der Waals surface area (Å²) >= 11 is 0. The molecule has 1 unspecified atom stereocenters. The molecular weight excluding hydrogens is 292 g/mol. The number of rotatable bonds is 4. The Labute approximate surface area is 134 Å². The number of benzene rings is 2. The molecule has 0 bridgehead atoms. The van der Waals surface area contributed by atoms with E-state index in [4.69, 9.17) is 4.74 Å². The molecule has 2 N–H and O–H groups in total. The molecule has 2 aromatic carbocycles. The van der Waals surface area contributed by atoms with Gasteiger partial charge in [-0.05, 0) is 37.6 Å². The van der Waals surface area contributed by atoms with E-state index in [2.05, 4.69) is 10.6 Å². The van der Waals surface area contributed by atoms with Gasteiger partial charge in [-0.25, -0.2) is 0 Å². The lowest BCUT2D eigenvalue weighted by molar-refractivity contribution is -0.122. The lowest BCUT2D eigenvalue weighted by Gasteiger charge is -2.14. The molecular formula is C18H18N2O3. The Bertz CT molecular complexity index is 725. The molecule has 5 heteroatoms. The van der Waals surface area contributed by atoms with Gasteiger partial charge in [-0.2, -0.15) is 0 Å². The van der Waals surface area contributed by atoms with Gasteiger partial charge >= 0.3 is 0 Å². The van der Waals surface area contributed by atoms with Gasteiger partial charge in [-0.1, -0.05) is 29.8 Å². The van der Waals surface area contributed by atoms with Crippen LogP contribution in [-0.2, 0) is 9.59 Å². The van der Waals surface area contributed by atoms with Gasteiger partial charge in [-0.15, -0.1) is 0 Å². The van der Waals surface area contributed by atoms with Crippen molar-refractivity contribution in [2.24, 2.45) is 0 Å². The minimum absolute atomic E-state index is 0.0886. The first-order valence-electron chi connectivity index (χ1n) is 7.55. The Hall–Kier alpha value is -2.82. The zero-order chi connectivity index (χ0) is 16.2. The third-order valence-corrected chi connectivity index (χ3v) is 3.71. The van der Waals surface area contributed by atoms with Crippen molar-refractivity contribution in [3.63, 3.8) is 0 Å². The summed E-state index contributed by atoms with van der Waals surface area (Å²) in [5.74, 6) is 0.950. The van der Waals surface area contributed by atoms with E-state index in [0.717, 1.165) is 5.56 Å². The molecule has 2 amide bonds. The van der Waals surface area contributed by atoms with Crippen LogP contribution in [0.25, 0.3) is 0 Å². The maximum absolute atomic E-state index is 12.2. The maximum Gasteiger partial charge on any atom is 0.247 e. The van der Waals surface area contributed by atoms with E-state index in [9.17, 15) is 9.59 Å². The molecule has 0 aliphatic carbocycles. The molecule has 5 nitrogen and oxygen atoms in total. The number of carbonyl (C=O) groups is 2. The summed E-state index contributed by atoms with van der Waals surface area (Å²) in [6.07, 6.45) is 0.908. The van der Waals surface area contributed by atoms with Crippen LogP contribution >= 0.6 is 0 Å². The van der Waals surface area contributed by atoms with Crippen LogP contribution in [0.2, 0.25) is 0 Å². The number of anilines is 1. The Morgan fingerprint density at radius 2 is 1.91 bits per heavy atom. The van der Waals surface area contributed by atoms with Crippen LogP contribution in [0.4, 0.5) is 5.69 Å². The van der Waals surface area contributed by atoms with Crippen molar-refractivity contribution >= 4 is 17.5 Å². The standard InChI is InChI=1S/C18H18N2O3/c1-12-6-8-13(9-7-12)23-16-5-3-2-4-14(16)20-18(22)15-10-11-17(21)19-15/h2-9,15H,10-11H2,1H3,(H,19,21)(H,20,22). The normalized spacial score (nSPS) is 16.7. The van der Waals surface area contributed by atoms with Crippen LogP contribution in [0.1, 0.15) is 18.4 Å². The molecule has 1 saturated heterocycles. The third kappa shape index (κ3) is 3.69. The minimum atomic E-state index is -0.477. The number of aryl methyl sites for hydroxylation is 1. The number of ether oxygens (including phenoxy) is 1. The summed E-state index contributed by atoms with van der Waals surface area (Å²) in [4.78, 5) is 23.5. The Kier molecular flexibility index (Phi) is 4.28. The fraction of sp³-hybridized carbons (Fsp3) is 0.222. The van der Waals surface area contributed by atoms with E-state index in [0.29, 0.717) is 30.0 Å². The first-order valence-corrected chi connectivity index (χ1v) is 7.55. The number of amides is 2. The van der Waals surface area contributed by atoms with E-state index in [1.54, 1.807) is 12.1 Å². The average molecular weight is 310 g/mol. The summed E-state index contributed by atoms with van der Waals surface area (Å²) < 4.78 is 5.85. The van der Waals surface area contributed by atoms with Crippen molar-refractivity contribution in [2.75, 3.05) is 5.32 Å². The molecule has 2 aromatic rings. The van der Waals surface area contributed by atoms with E-state index < -0.39 is 6.04 Å². The van der Waals surface area contributed by atoms with Crippen molar-refractivity contribution in [2.45, 2.75) is 25.8 Å². The molecule has 0 radical (unpaired) electrons. The largest absolute Gasteiger partial charge is 0.455 e. The fourth-order valence-corrected chi connectivity index (χ4v) is 2.42. The lowest BCUT2D eigenvalue weighted by atomic mass is 10.2. The third-order valence-electron chi connectivity index (χ3n) is 3.71. The molecule has 118 valence electrons. The summed E-state index contributed by atoms with van der Waals surface area (Å²) in [7, 11) is 0. The Balaban J connectivity index is 1.74. The molecule has 1 aliphatic rings. The number of carbonyl (C=O) groups excluding carboxylic acids is 2. The van der Waals surface area contributed by atoms with Crippen molar-refractivity contribution in [3.05, 3.63) is 54.1 Å². The van der Waals surface area contributed by atoms with Gasteiger partial charge in [0, 0.05) is 6.42 Å². The summed E-state index contributed by atoms with van der Waals surface area (Å²) in [5.41, 5.74) is 1.73. The number of hydrogen-bond donors (Lipinski definition) is 2. The van der Waals surface area contributed by atoms with Gasteiger partial charge in [0.2, 0.25) is 11.8 Å². The maximum atomic E-state index is 12.2. The van der Waals surface area contributed by atoms with Crippen LogP contribution in [0.3, 0.4) is 0 Å². The molecule has 0 spiro atoms. The van der Waals surface area contributed by atoms with Crippen LogP contribution in [0.15, 0.2) is 48.5 Å². The van der Waals surface area contributed by atoms with Crippen LogP contribution < -0.4 is 15.4 Å². The lowest BCUT2D eigenvalue weighted by Crippen LogP contribution is -2.37. The highest BCUT2D eigenvalue weighted by Crippen LogP contribution is 2.29. The van der Waals surface area contributed by atoms with Gasteiger partial charge in [0.15, 0.2) is 5.75 Å². The zero-order valence-corrected chi connectivity index (χ0v) is 12.8. The second-order valence-corrected chi connectivity index (χ2v) is 5.56. The number of nitrogens with one attached hydrogen (secondary N) is 2. The second kappa shape index (κ2) is 6.52. The molecule has 0 aromatic heterocycles. The highest BCUT2D eigenvalue weighted by atomic mass is 16.5. The Morgan fingerprint density at radius 1 is 1.17 bits per heavy atom. The molecule has 1 aliphatic heterocycles. The molecule has 0 saturated carbocycles. The SMILES string of the molecule is Cc1ccc(Oc2ccccc2NC(=O)C2CCC(=O)N2)cc1. The average Bonchev–Trinajstić information content (AvgIpc) is 2.98.